The number of aryl methyl sites for hydroxylation is 1. The first-order valence-corrected chi connectivity index (χ1v) is 13.0. The zero-order chi connectivity index (χ0) is 33.4. The van der Waals surface area contributed by atoms with E-state index in [1.165, 1.54) is 10.9 Å². The summed E-state index contributed by atoms with van der Waals surface area (Å²) < 4.78 is 98.7. The highest BCUT2D eigenvalue weighted by atomic mass is 19.4. The van der Waals surface area contributed by atoms with Gasteiger partial charge in [-0.2, -0.15) is 22.0 Å². The smallest absolute Gasteiger partial charge is 0.416 e. The van der Waals surface area contributed by atoms with Crippen molar-refractivity contribution in [1.82, 2.24) is 35.6 Å². The Morgan fingerprint density at radius 2 is 1.87 bits per heavy atom. The molecule has 3 rings (SSSR count). The number of hydrazine groups is 1. The molecule has 2 aromatic heterocycles. The van der Waals surface area contributed by atoms with E-state index in [0.717, 1.165) is 47.7 Å². The van der Waals surface area contributed by atoms with Crippen molar-refractivity contribution in [3.8, 4) is 5.75 Å². The second-order valence-corrected chi connectivity index (χ2v) is 9.60. The molecule has 6 N–H and O–H groups in total. The number of hydrogen-bond donors (Lipinski definition) is 4. The van der Waals surface area contributed by atoms with Crippen molar-refractivity contribution in [2.45, 2.75) is 51.4 Å². The van der Waals surface area contributed by atoms with Gasteiger partial charge >= 0.3 is 12.3 Å². The van der Waals surface area contributed by atoms with E-state index in [0.29, 0.717) is 6.92 Å². The van der Waals surface area contributed by atoms with Crippen LogP contribution in [0.2, 0.25) is 0 Å². The number of amides is 2. The van der Waals surface area contributed by atoms with Crippen molar-refractivity contribution in [1.29, 1.82) is 0 Å². The van der Waals surface area contributed by atoms with Crippen molar-refractivity contribution >= 4 is 11.8 Å². The van der Waals surface area contributed by atoms with Gasteiger partial charge in [0.2, 0.25) is 0 Å². The van der Waals surface area contributed by atoms with Gasteiger partial charge in [0.25, 0.3) is 11.8 Å². The molecule has 12 nitrogen and oxygen atoms in total. The number of halogens is 7. The van der Waals surface area contributed by atoms with Gasteiger partial charge in [-0.15, -0.1) is 5.10 Å². The number of nitrogens with zero attached hydrogens (tertiary/aromatic N) is 5. The molecule has 3 aromatic rings. The maximum absolute atomic E-state index is 14.5. The number of nitrogens with two attached hydrogens (primary N) is 2. The molecule has 45 heavy (non-hydrogen) atoms. The largest absolute Gasteiger partial charge is 0.433 e. The van der Waals surface area contributed by atoms with Gasteiger partial charge in [-0.25, -0.2) is 14.6 Å². The van der Waals surface area contributed by atoms with Crippen molar-refractivity contribution in [2.24, 2.45) is 11.6 Å². The van der Waals surface area contributed by atoms with Crippen molar-refractivity contribution in [3.63, 3.8) is 0 Å². The number of aromatic nitrogens is 4. The highest BCUT2D eigenvalue weighted by Crippen LogP contribution is 2.29. The summed E-state index contributed by atoms with van der Waals surface area (Å²) >= 11 is 0. The van der Waals surface area contributed by atoms with Gasteiger partial charge in [0.1, 0.15) is 23.4 Å². The van der Waals surface area contributed by atoms with Gasteiger partial charge in [-0.1, -0.05) is 5.21 Å². The number of ether oxygens (including phenoxy) is 1. The first kappa shape index (κ1) is 34.5. The Morgan fingerprint density at radius 3 is 2.56 bits per heavy atom. The normalized spacial score (nSPS) is 12.9. The van der Waals surface area contributed by atoms with Gasteiger partial charge in [0.15, 0.2) is 5.69 Å². The zero-order valence-corrected chi connectivity index (χ0v) is 23.5. The Bertz CT molecular complexity index is 1510. The van der Waals surface area contributed by atoms with Gasteiger partial charge < -0.3 is 26.1 Å². The molecule has 2 heterocycles. The average Bonchev–Trinajstić information content (AvgIpc) is 3.43. The molecule has 0 radical (unpaired) electrons. The van der Waals surface area contributed by atoms with E-state index in [1.807, 2.05) is 0 Å². The fourth-order valence-electron chi connectivity index (χ4n) is 3.64. The molecule has 0 spiro atoms. The zero-order valence-electron chi connectivity index (χ0n) is 23.5. The highest BCUT2D eigenvalue weighted by Gasteiger charge is 2.30. The predicted molar refractivity (Wildman–Crippen MR) is 143 cm³/mol. The Kier molecular flexibility index (Phi) is 11.3. The molecule has 0 bridgehead atoms. The number of benzene rings is 1. The van der Waals surface area contributed by atoms with Crippen LogP contribution in [0.25, 0.3) is 0 Å². The third-order valence-corrected chi connectivity index (χ3v) is 5.75. The van der Waals surface area contributed by atoms with Crippen LogP contribution in [0, 0.1) is 5.82 Å². The van der Waals surface area contributed by atoms with Gasteiger partial charge in [0, 0.05) is 44.4 Å². The lowest BCUT2D eigenvalue weighted by Gasteiger charge is -2.17. The number of hydrogen-bond acceptors (Lipinski definition) is 9. The quantitative estimate of drug-likeness (QED) is 0.0891. The van der Waals surface area contributed by atoms with E-state index in [-0.39, 0.29) is 48.8 Å². The Hall–Kier alpha value is -4.94. The van der Waals surface area contributed by atoms with Crippen molar-refractivity contribution in [2.75, 3.05) is 6.54 Å². The number of rotatable bonds is 14. The minimum Gasteiger partial charge on any atom is -0.433 e. The lowest BCUT2D eigenvalue weighted by Crippen LogP contribution is -2.36. The minimum atomic E-state index is -4.58. The van der Waals surface area contributed by atoms with E-state index in [2.05, 4.69) is 30.7 Å². The SMILES string of the molecule is CC(F)(F)Oc1ccc(F)c(CNC(=O)c2cn(CCC(F)CN(N)/C=C(\N)C(=O)NCc3cc(C(F)(F)F)ccn3)nn2)c1. The second-order valence-electron chi connectivity index (χ2n) is 9.60. The lowest BCUT2D eigenvalue weighted by atomic mass is 10.2. The summed E-state index contributed by atoms with van der Waals surface area (Å²) in [5, 5.41) is 12.8. The summed E-state index contributed by atoms with van der Waals surface area (Å²) in [5.74, 6) is 2.99. The molecule has 2 amide bonds. The monoisotopic (exact) mass is 647 g/mol. The molecule has 0 saturated carbocycles. The summed E-state index contributed by atoms with van der Waals surface area (Å²) in [6, 6.07) is 4.49. The van der Waals surface area contributed by atoms with Crippen LogP contribution in [0.4, 0.5) is 30.7 Å². The molecular formula is C26H28F7N9O3. The van der Waals surface area contributed by atoms with E-state index >= 15 is 0 Å². The van der Waals surface area contributed by atoms with Crippen LogP contribution in [-0.4, -0.2) is 55.6 Å². The highest BCUT2D eigenvalue weighted by molar-refractivity contribution is 5.92. The maximum Gasteiger partial charge on any atom is 0.416 e. The second kappa shape index (κ2) is 14.7. The van der Waals surface area contributed by atoms with E-state index < -0.39 is 53.9 Å². The van der Waals surface area contributed by atoms with Crippen LogP contribution in [0.1, 0.15) is 40.7 Å². The van der Waals surface area contributed by atoms with E-state index in [1.54, 1.807) is 0 Å². The average molecular weight is 648 g/mol. The van der Waals surface area contributed by atoms with Crippen LogP contribution in [0.3, 0.4) is 0 Å². The van der Waals surface area contributed by atoms with Crippen LogP contribution >= 0.6 is 0 Å². The summed E-state index contributed by atoms with van der Waals surface area (Å²) in [4.78, 5) is 28.3. The molecular weight excluding hydrogens is 619 g/mol. The van der Waals surface area contributed by atoms with Gasteiger partial charge in [-0.3, -0.25) is 19.3 Å². The van der Waals surface area contributed by atoms with E-state index in [4.69, 9.17) is 11.6 Å². The molecule has 1 aromatic carbocycles. The molecule has 1 atom stereocenters. The van der Waals surface area contributed by atoms with E-state index in [9.17, 15) is 40.3 Å². The Morgan fingerprint density at radius 1 is 1.13 bits per heavy atom. The molecule has 0 aliphatic rings. The number of pyridine rings is 1. The minimum absolute atomic E-state index is 0.0435. The first-order chi connectivity index (χ1) is 21.0. The third-order valence-electron chi connectivity index (χ3n) is 5.75. The topological polar surface area (TPSA) is 166 Å². The van der Waals surface area contributed by atoms with Crippen LogP contribution in [0.15, 0.2) is 54.6 Å². The molecule has 19 heteroatoms. The van der Waals surface area contributed by atoms with Crippen molar-refractivity contribution in [3.05, 3.63) is 83.0 Å². The van der Waals surface area contributed by atoms with Crippen LogP contribution in [0.5, 0.6) is 5.75 Å². The number of alkyl halides is 6. The van der Waals surface area contributed by atoms with Gasteiger partial charge in [-0.05, 0) is 30.3 Å². The van der Waals surface area contributed by atoms with Gasteiger partial charge in [0.05, 0.1) is 30.5 Å². The summed E-state index contributed by atoms with van der Waals surface area (Å²) in [6.45, 7) is -0.671. The fraction of sp³-hybridized carbons (Fsp3) is 0.346. The molecule has 0 aliphatic carbocycles. The molecule has 1 unspecified atom stereocenters. The van der Waals surface area contributed by atoms with Crippen molar-refractivity contribution < 1.29 is 45.1 Å². The standard InChI is InChI=1S/C26H28F7N9O3/c1-25(29,30)45-19-2-3-20(28)15(8-19)10-37-24(44)22-14-42(40-39-22)7-5-17(27)12-41(35)13-21(34)23(43)38-11-18-9-16(4-6-36-18)26(31,32)33/h2-4,6,8-9,13-14,17H,5,7,10-12,34-35H2,1H3,(H,37,44)(H,38,43)/b21-13-. The van der Waals surface area contributed by atoms with Crippen LogP contribution in [-0.2, 0) is 30.6 Å². The molecule has 244 valence electrons. The lowest BCUT2D eigenvalue weighted by molar-refractivity contribution is -0.159. The summed E-state index contributed by atoms with van der Waals surface area (Å²) in [6.07, 6.45) is -6.69. The Balaban J connectivity index is 1.44. The summed E-state index contributed by atoms with van der Waals surface area (Å²) in [7, 11) is 0. The van der Waals surface area contributed by atoms with Crippen LogP contribution < -0.4 is 26.9 Å². The fourth-order valence-corrected chi connectivity index (χ4v) is 3.64. The number of nitrogens with one attached hydrogen (secondary N) is 2. The number of carbonyl (C=O) groups excluding carboxylic acids is 2. The predicted octanol–water partition coefficient (Wildman–Crippen LogP) is 2.77. The Labute approximate surface area is 251 Å². The molecule has 0 saturated heterocycles. The first-order valence-electron chi connectivity index (χ1n) is 13.0. The maximum atomic E-state index is 14.5. The third kappa shape index (κ3) is 11.2. The molecule has 0 aliphatic heterocycles. The number of carbonyl (C=O) groups is 2. The summed E-state index contributed by atoms with van der Waals surface area (Å²) in [5.41, 5.74) is 3.90. The molecule has 0 fully saturated rings.